The van der Waals surface area contributed by atoms with Crippen LogP contribution in [0.1, 0.15) is 29.2 Å². The second kappa shape index (κ2) is 10.5. The van der Waals surface area contributed by atoms with Crippen LogP contribution in [0.15, 0.2) is 48.7 Å². The first-order valence-electron chi connectivity index (χ1n) is 10.6. The molecule has 4 rings (SSSR count). The van der Waals surface area contributed by atoms with Gasteiger partial charge in [-0.3, -0.25) is 9.59 Å². The van der Waals surface area contributed by atoms with Gasteiger partial charge in [0.25, 0.3) is 0 Å². The minimum absolute atomic E-state index is 0.148. The van der Waals surface area contributed by atoms with Crippen LogP contribution in [0.4, 0.5) is 4.39 Å². The molecule has 0 bridgehead atoms. The van der Waals surface area contributed by atoms with Crippen molar-refractivity contribution in [1.29, 1.82) is 0 Å². The van der Waals surface area contributed by atoms with Crippen molar-refractivity contribution in [2.24, 2.45) is 0 Å². The Morgan fingerprint density at radius 2 is 2.00 bits per heavy atom. The average molecular weight is 471 g/mol. The fourth-order valence-corrected chi connectivity index (χ4v) is 4.13. The van der Waals surface area contributed by atoms with E-state index in [4.69, 9.17) is 11.6 Å². The normalized spacial score (nSPS) is 17.7. The van der Waals surface area contributed by atoms with Crippen LogP contribution in [0.25, 0.3) is 11.1 Å². The molecule has 0 spiro atoms. The number of carbonyl (C=O) groups is 2. The molecule has 4 N–H and O–H groups in total. The smallest absolute Gasteiger partial charge is 0.234 e. The third-order valence-electron chi connectivity index (χ3n) is 5.66. The number of rotatable bonds is 9. The molecule has 1 aliphatic rings. The van der Waals surface area contributed by atoms with E-state index in [2.05, 4.69) is 31.4 Å². The lowest BCUT2D eigenvalue weighted by Gasteiger charge is -2.17. The summed E-state index contributed by atoms with van der Waals surface area (Å²) in [7, 11) is 0. The van der Waals surface area contributed by atoms with Crippen LogP contribution >= 0.6 is 11.6 Å². The SMILES string of the molecule is O=C(CCl)NC[C@@H]1C[C@@H](c2ccc(-c3ccccc3)c(CNCc3cn[nH]n3)c2F)C(=O)N1. The fourth-order valence-electron chi connectivity index (χ4n) is 4.03. The van der Waals surface area contributed by atoms with Gasteiger partial charge in [0.2, 0.25) is 11.8 Å². The van der Waals surface area contributed by atoms with Gasteiger partial charge in [-0.1, -0.05) is 42.5 Å². The summed E-state index contributed by atoms with van der Waals surface area (Å²) in [6, 6.07) is 12.8. The van der Waals surface area contributed by atoms with Crippen LogP contribution < -0.4 is 16.0 Å². The quantitative estimate of drug-likeness (QED) is 0.358. The Kier molecular flexibility index (Phi) is 7.31. The Morgan fingerprint density at radius 1 is 1.18 bits per heavy atom. The maximum absolute atomic E-state index is 15.9. The van der Waals surface area contributed by atoms with Gasteiger partial charge in [0.1, 0.15) is 11.7 Å². The number of nitrogens with zero attached hydrogens (tertiary/aromatic N) is 2. The molecule has 3 aromatic rings. The molecule has 0 unspecified atom stereocenters. The highest BCUT2D eigenvalue weighted by molar-refractivity contribution is 6.27. The molecule has 1 fully saturated rings. The van der Waals surface area contributed by atoms with Crippen LogP contribution in [0.2, 0.25) is 0 Å². The first kappa shape index (κ1) is 22.9. The molecule has 2 atom stereocenters. The lowest BCUT2D eigenvalue weighted by atomic mass is 9.89. The van der Waals surface area contributed by atoms with Gasteiger partial charge >= 0.3 is 0 Å². The highest BCUT2D eigenvalue weighted by atomic mass is 35.5. The Bertz CT molecular complexity index is 1110. The largest absolute Gasteiger partial charge is 0.353 e. The van der Waals surface area contributed by atoms with Crippen LogP contribution in [-0.4, -0.2) is 45.7 Å². The minimum Gasteiger partial charge on any atom is -0.353 e. The van der Waals surface area contributed by atoms with Crippen molar-refractivity contribution in [2.75, 3.05) is 12.4 Å². The molecule has 2 heterocycles. The second-order valence-corrected chi connectivity index (χ2v) is 8.12. The number of H-pyrrole nitrogens is 1. The summed E-state index contributed by atoms with van der Waals surface area (Å²) in [4.78, 5) is 24.1. The van der Waals surface area contributed by atoms with E-state index in [0.717, 1.165) is 11.1 Å². The first-order valence-corrected chi connectivity index (χ1v) is 11.2. The summed E-state index contributed by atoms with van der Waals surface area (Å²) in [6.45, 7) is 0.921. The highest BCUT2D eigenvalue weighted by Crippen LogP contribution is 2.34. The van der Waals surface area contributed by atoms with E-state index in [1.54, 1.807) is 12.3 Å². The van der Waals surface area contributed by atoms with Crippen molar-refractivity contribution in [2.45, 2.75) is 31.5 Å². The number of benzene rings is 2. The molecule has 1 aliphatic heterocycles. The van der Waals surface area contributed by atoms with E-state index in [9.17, 15) is 9.59 Å². The third-order valence-corrected chi connectivity index (χ3v) is 5.90. The van der Waals surface area contributed by atoms with Gasteiger partial charge in [0, 0.05) is 36.8 Å². The van der Waals surface area contributed by atoms with Crippen molar-refractivity contribution in [3.8, 4) is 11.1 Å². The summed E-state index contributed by atoms with van der Waals surface area (Å²) in [5, 5.41) is 19.0. The van der Waals surface area contributed by atoms with Gasteiger partial charge in [-0.05, 0) is 17.5 Å². The lowest BCUT2D eigenvalue weighted by molar-refractivity contribution is -0.121. The highest BCUT2D eigenvalue weighted by Gasteiger charge is 2.35. The zero-order chi connectivity index (χ0) is 23.2. The molecular formula is C23H24ClFN6O2. The minimum atomic E-state index is -0.637. The summed E-state index contributed by atoms with van der Waals surface area (Å²) in [5.74, 6) is -1.76. The van der Waals surface area contributed by atoms with Gasteiger partial charge in [-0.25, -0.2) is 4.39 Å². The summed E-state index contributed by atoms with van der Waals surface area (Å²) >= 11 is 5.50. The average Bonchev–Trinajstić information content (AvgIpc) is 3.48. The maximum Gasteiger partial charge on any atom is 0.234 e. The predicted octanol–water partition coefficient (Wildman–Crippen LogP) is 2.23. The van der Waals surface area contributed by atoms with E-state index >= 15 is 4.39 Å². The number of aromatic amines is 1. The lowest BCUT2D eigenvalue weighted by Crippen LogP contribution is -2.38. The third kappa shape index (κ3) is 5.37. The van der Waals surface area contributed by atoms with Crippen molar-refractivity contribution < 1.29 is 14.0 Å². The monoisotopic (exact) mass is 470 g/mol. The molecule has 1 aromatic heterocycles. The van der Waals surface area contributed by atoms with Gasteiger partial charge in [0.15, 0.2) is 0 Å². The predicted molar refractivity (Wildman–Crippen MR) is 122 cm³/mol. The van der Waals surface area contributed by atoms with E-state index in [1.807, 2.05) is 36.4 Å². The molecule has 172 valence electrons. The molecule has 0 saturated carbocycles. The number of halogens is 2. The number of aromatic nitrogens is 3. The maximum atomic E-state index is 15.9. The summed E-state index contributed by atoms with van der Waals surface area (Å²) in [5.41, 5.74) is 3.18. The molecule has 2 aromatic carbocycles. The van der Waals surface area contributed by atoms with Gasteiger partial charge in [-0.2, -0.15) is 15.4 Å². The van der Waals surface area contributed by atoms with E-state index in [1.165, 1.54) is 0 Å². The fraction of sp³-hybridized carbons (Fsp3) is 0.304. The Balaban J connectivity index is 1.58. The molecule has 0 radical (unpaired) electrons. The van der Waals surface area contributed by atoms with Gasteiger partial charge < -0.3 is 16.0 Å². The molecule has 2 amide bonds. The zero-order valence-corrected chi connectivity index (χ0v) is 18.5. The Labute approximate surface area is 195 Å². The number of amides is 2. The zero-order valence-electron chi connectivity index (χ0n) is 17.8. The molecule has 0 aliphatic carbocycles. The van der Waals surface area contributed by atoms with Crippen molar-refractivity contribution in [3.63, 3.8) is 0 Å². The number of hydrogen-bond donors (Lipinski definition) is 4. The molecule has 33 heavy (non-hydrogen) atoms. The van der Waals surface area contributed by atoms with Crippen LogP contribution in [-0.2, 0) is 22.7 Å². The van der Waals surface area contributed by atoms with Crippen molar-refractivity contribution in [3.05, 3.63) is 71.3 Å². The van der Waals surface area contributed by atoms with E-state index < -0.39 is 11.7 Å². The van der Waals surface area contributed by atoms with E-state index in [0.29, 0.717) is 29.8 Å². The van der Waals surface area contributed by atoms with Crippen molar-refractivity contribution >= 4 is 23.4 Å². The van der Waals surface area contributed by atoms with Crippen molar-refractivity contribution in [1.82, 2.24) is 31.4 Å². The number of carbonyl (C=O) groups excluding carboxylic acids is 2. The van der Waals surface area contributed by atoms with Crippen LogP contribution in [0.5, 0.6) is 0 Å². The summed E-state index contributed by atoms with van der Waals surface area (Å²) < 4.78 is 15.9. The topological polar surface area (TPSA) is 112 Å². The summed E-state index contributed by atoms with van der Waals surface area (Å²) in [6.07, 6.45) is 1.98. The second-order valence-electron chi connectivity index (χ2n) is 7.86. The van der Waals surface area contributed by atoms with Gasteiger partial charge in [0.05, 0.1) is 17.8 Å². The molecule has 8 nitrogen and oxygen atoms in total. The number of alkyl halides is 1. The van der Waals surface area contributed by atoms with Gasteiger partial charge in [-0.15, -0.1) is 11.6 Å². The number of nitrogens with one attached hydrogen (secondary N) is 4. The Hall–Kier alpha value is -3.30. The molecule has 1 saturated heterocycles. The van der Waals surface area contributed by atoms with Crippen LogP contribution in [0, 0.1) is 5.82 Å². The Morgan fingerprint density at radius 3 is 2.73 bits per heavy atom. The van der Waals surface area contributed by atoms with Crippen LogP contribution in [0.3, 0.4) is 0 Å². The van der Waals surface area contributed by atoms with E-state index in [-0.39, 0.29) is 36.8 Å². The number of hydrogen-bond acceptors (Lipinski definition) is 5. The first-order chi connectivity index (χ1) is 16.1. The molecule has 10 heteroatoms. The molecular weight excluding hydrogens is 447 g/mol. The standard InChI is InChI=1S/C23H24ClFN6O2/c24-9-21(32)27-11-15-8-19(23(33)29-15)18-7-6-17(14-4-2-1-3-5-14)20(22(18)25)13-26-10-16-12-28-31-30-16/h1-7,12,15,19,26H,8-11,13H2,(H,27,32)(H,29,33)(H,28,30,31)/t15-,19-/m0/s1.